The zero-order valence-corrected chi connectivity index (χ0v) is 21.2. The van der Waals surface area contributed by atoms with E-state index < -0.39 is 10.0 Å². The normalized spacial score (nSPS) is 17.0. The molecule has 1 aliphatic heterocycles. The van der Waals surface area contributed by atoms with Gasteiger partial charge in [0.15, 0.2) is 0 Å². The van der Waals surface area contributed by atoms with E-state index in [1.807, 2.05) is 32.2 Å². The summed E-state index contributed by atoms with van der Waals surface area (Å²) >= 11 is 1.65. The zero-order valence-electron chi connectivity index (χ0n) is 19.6. The highest BCUT2D eigenvalue weighted by atomic mass is 32.2. The van der Waals surface area contributed by atoms with Crippen molar-refractivity contribution in [2.45, 2.75) is 50.6 Å². The number of nitrogens with zero attached hydrogens (tertiary/aromatic N) is 2. The lowest BCUT2D eigenvalue weighted by atomic mass is 9.93. The van der Waals surface area contributed by atoms with Crippen molar-refractivity contribution in [3.05, 3.63) is 87.4 Å². The summed E-state index contributed by atoms with van der Waals surface area (Å²) in [5.74, 6) is -0.600. The Morgan fingerprint density at radius 2 is 1.82 bits per heavy atom. The van der Waals surface area contributed by atoms with Crippen LogP contribution in [0.25, 0.3) is 0 Å². The number of sulfonamides is 1. The molecule has 2 atom stereocenters. The van der Waals surface area contributed by atoms with Crippen LogP contribution in [0.5, 0.6) is 0 Å². The molecule has 0 saturated heterocycles. The number of aryl methyl sites for hydroxylation is 1. The van der Waals surface area contributed by atoms with Crippen LogP contribution in [0.4, 0.5) is 4.39 Å². The standard InChI is InChI=1S/C26H29FN2O3S2/c1-4-19(3)29(34(31,32)22-11-5-18(2)6-12-22)17-25(30)28-15-13-24-23(14-16-33-24)26(28)20-7-9-21(27)10-8-20/h5-12,14,16,19,26H,4,13,15,17H2,1-3H3. The van der Waals surface area contributed by atoms with Crippen molar-refractivity contribution in [2.24, 2.45) is 0 Å². The number of carbonyl (C=O) groups excluding carboxylic acids is 1. The second-order valence-electron chi connectivity index (χ2n) is 8.71. The van der Waals surface area contributed by atoms with Crippen LogP contribution in [0.3, 0.4) is 0 Å². The van der Waals surface area contributed by atoms with E-state index in [2.05, 4.69) is 0 Å². The fourth-order valence-electron chi connectivity index (χ4n) is 4.34. The number of thiophene rings is 1. The van der Waals surface area contributed by atoms with E-state index in [9.17, 15) is 17.6 Å². The van der Waals surface area contributed by atoms with Crippen LogP contribution in [0.15, 0.2) is 64.9 Å². The van der Waals surface area contributed by atoms with Crippen LogP contribution in [-0.2, 0) is 21.2 Å². The Morgan fingerprint density at radius 3 is 2.47 bits per heavy atom. The highest BCUT2D eigenvalue weighted by Crippen LogP contribution is 2.38. The maximum absolute atomic E-state index is 13.7. The lowest BCUT2D eigenvalue weighted by Gasteiger charge is -2.38. The van der Waals surface area contributed by atoms with Gasteiger partial charge in [0, 0.05) is 17.5 Å². The molecule has 5 nitrogen and oxygen atoms in total. The third-order valence-corrected chi connectivity index (χ3v) is 9.44. The number of carbonyl (C=O) groups is 1. The second-order valence-corrected chi connectivity index (χ2v) is 11.6. The molecule has 4 rings (SSSR count). The predicted octanol–water partition coefficient (Wildman–Crippen LogP) is 5.16. The number of hydrogen-bond donors (Lipinski definition) is 0. The summed E-state index contributed by atoms with van der Waals surface area (Å²) in [6.07, 6.45) is 1.29. The predicted molar refractivity (Wildman–Crippen MR) is 133 cm³/mol. The van der Waals surface area contributed by atoms with Crippen LogP contribution in [0, 0.1) is 12.7 Å². The number of halogens is 1. The van der Waals surface area contributed by atoms with Crippen molar-refractivity contribution >= 4 is 27.3 Å². The molecule has 180 valence electrons. The average molecular weight is 501 g/mol. The zero-order chi connectivity index (χ0) is 24.5. The lowest BCUT2D eigenvalue weighted by molar-refractivity contribution is -0.133. The average Bonchev–Trinajstić information content (AvgIpc) is 3.31. The molecule has 0 fully saturated rings. The molecular formula is C26H29FN2O3S2. The van der Waals surface area contributed by atoms with Crippen molar-refractivity contribution in [1.82, 2.24) is 9.21 Å². The molecule has 0 radical (unpaired) electrons. The van der Waals surface area contributed by atoms with E-state index in [1.165, 1.54) is 21.3 Å². The molecule has 2 aromatic carbocycles. The minimum atomic E-state index is -3.86. The first kappa shape index (κ1) is 24.6. The van der Waals surface area contributed by atoms with Gasteiger partial charge >= 0.3 is 0 Å². The quantitative estimate of drug-likeness (QED) is 0.450. The summed E-state index contributed by atoms with van der Waals surface area (Å²) in [5.41, 5.74) is 2.80. The summed E-state index contributed by atoms with van der Waals surface area (Å²) in [7, 11) is -3.86. The molecule has 0 bridgehead atoms. The van der Waals surface area contributed by atoms with Gasteiger partial charge in [-0.25, -0.2) is 12.8 Å². The number of amides is 1. The maximum atomic E-state index is 13.7. The van der Waals surface area contributed by atoms with Gasteiger partial charge in [-0.05, 0) is 73.5 Å². The highest BCUT2D eigenvalue weighted by Gasteiger charge is 2.37. The van der Waals surface area contributed by atoms with Gasteiger partial charge in [-0.3, -0.25) is 4.79 Å². The van der Waals surface area contributed by atoms with Crippen molar-refractivity contribution in [3.63, 3.8) is 0 Å². The van der Waals surface area contributed by atoms with Crippen molar-refractivity contribution in [2.75, 3.05) is 13.1 Å². The molecule has 0 aliphatic carbocycles. The van der Waals surface area contributed by atoms with Gasteiger partial charge in [0.25, 0.3) is 0 Å². The first-order valence-corrected chi connectivity index (χ1v) is 13.7. The molecule has 8 heteroatoms. The summed E-state index contributed by atoms with van der Waals surface area (Å²) in [4.78, 5) is 16.8. The van der Waals surface area contributed by atoms with Gasteiger partial charge in [0.1, 0.15) is 5.82 Å². The Labute approximate surface area is 204 Å². The molecule has 0 N–H and O–H groups in total. The first-order valence-electron chi connectivity index (χ1n) is 11.4. The highest BCUT2D eigenvalue weighted by molar-refractivity contribution is 7.89. The Kier molecular flexibility index (Phi) is 7.21. The van der Waals surface area contributed by atoms with Crippen LogP contribution >= 0.6 is 11.3 Å². The molecule has 0 spiro atoms. The molecule has 3 aromatic rings. The van der Waals surface area contributed by atoms with E-state index in [-0.39, 0.29) is 35.2 Å². The smallest absolute Gasteiger partial charge is 0.243 e. The number of fused-ring (bicyclic) bond motifs is 1. The fourth-order valence-corrected chi connectivity index (χ4v) is 6.90. The third kappa shape index (κ3) is 4.80. The Hall–Kier alpha value is -2.55. The largest absolute Gasteiger partial charge is 0.330 e. The van der Waals surface area contributed by atoms with Gasteiger partial charge in [0.05, 0.1) is 17.5 Å². The van der Waals surface area contributed by atoms with Gasteiger partial charge in [-0.15, -0.1) is 11.3 Å². The van der Waals surface area contributed by atoms with E-state index >= 15 is 0 Å². The van der Waals surface area contributed by atoms with Crippen LogP contribution in [0.1, 0.15) is 47.9 Å². The van der Waals surface area contributed by atoms with E-state index in [4.69, 9.17) is 0 Å². The third-order valence-electron chi connectivity index (χ3n) is 6.47. The molecule has 1 amide bonds. The van der Waals surface area contributed by atoms with E-state index in [0.717, 1.165) is 16.7 Å². The summed E-state index contributed by atoms with van der Waals surface area (Å²) in [6, 6.07) is 14.2. The molecule has 34 heavy (non-hydrogen) atoms. The van der Waals surface area contributed by atoms with Gasteiger partial charge in [0.2, 0.25) is 15.9 Å². The molecule has 2 unspecified atom stereocenters. The lowest BCUT2D eigenvalue weighted by Crippen LogP contribution is -2.49. The summed E-state index contributed by atoms with van der Waals surface area (Å²) < 4.78 is 42.0. The number of benzene rings is 2. The molecule has 2 heterocycles. The molecule has 1 aromatic heterocycles. The van der Waals surface area contributed by atoms with Crippen molar-refractivity contribution in [1.29, 1.82) is 0 Å². The number of rotatable bonds is 7. The Morgan fingerprint density at radius 1 is 1.15 bits per heavy atom. The van der Waals surface area contributed by atoms with Crippen LogP contribution in [-0.4, -0.2) is 42.7 Å². The topological polar surface area (TPSA) is 57.7 Å². The van der Waals surface area contributed by atoms with Gasteiger partial charge in [-0.1, -0.05) is 36.8 Å². The van der Waals surface area contributed by atoms with E-state index in [1.54, 1.807) is 52.6 Å². The van der Waals surface area contributed by atoms with Gasteiger partial charge in [-0.2, -0.15) is 4.31 Å². The number of hydrogen-bond acceptors (Lipinski definition) is 4. The Bertz CT molecular complexity index is 1250. The SMILES string of the molecule is CCC(C)N(CC(=O)N1CCc2sccc2C1c1ccc(F)cc1)S(=O)(=O)c1ccc(C)cc1. The second kappa shape index (κ2) is 9.98. The van der Waals surface area contributed by atoms with Crippen LogP contribution < -0.4 is 0 Å². The molecule has 0 saturated carbocycles. The first-order chi connectivity index (χ1) is 16.2. The van der Waals surface area contributed by atoms with Crippen molar-refractivity contribution < 1.29 is 17.6 Å². The monoisotopic (exact) mass is 500 g/mol. The minimum Gasteiger partial charge on any atom is -0.330 e. The Balaban J connectivity index is 1.68. The molecular weight excluding hydrogens is 471 g/mol. The minimum absolute atomic E-state index is 0.181. The fraction of sp³-hybridized carbons (Fsp3) is 0.346. The summed E-state index contributed by atoms with van der Waals surface area (Å²) in [6.45, 7) is 5.86. The summed E-state index contributed by atoms with van der Waals surface area (Å²) in [5, 5.41) is 2.00. The van der Waals surface area contributed by atoms with Crippen LogP contribution in [0.2, 0.25) is 0 Å². The maximum Gasteiger partial charge on any atom is 0.243 e. The van der Waals surface area contributed by atoms with E-state index in [0.29, 0.717) is 19.4 Å². The van der Waals surface area contributed by atoms with Gasteiger partial charge < -0.3 is 4.90 Å². The van der Waals surface area contributed by atoms with Crippen molar-refractivity contribution in [3.8, 4) is 0 Å². The molecule has 1 aliphatic rings.